The second-order valence-electron chi connectivity index (χ2n) is 4.88. The second kappa shape index (κ2) is 6.60. The van der Waals surface area contributed by atoms with Crippen LogP contribution in [0, 0.1) is 11.3 Å². The minimum atomic E-state index is -0.382. The Kier molecular flexibility index (Phi) is 4.83. The molecule has 0 spiro atoms. The van der Waals surface area contributed by atoms with E-state index in [0.29, 0.717) is 37.4 Å². The van der Waals surface area contributed by atoms with Crippen molar-refractivity contribution in [2.24, 2.45) is 0 Å². The minimum absolute atomic E-state index is 0.252. The van der Waals surface area contributed by atoms with Gasteiger partial charge in [0.25, 0.3) is 0 Å². The summed E-state index contributed by atoms with van der Waals surface area (Å²) in [6.07, 6.45) is 1.15. The number of aliphatic hydroxyl groups is 1. The zero-order valence-corrected chi connectivity index (χ0v) is 11.9. The Bertz CT molecular complexity index is 490. The van der Waals surface area contributed by atoms with Crippen molar-refractivity contribution in [3.05, 3.63) is 23.8 Å². The molecule has 0 bridgehead atoms. The molecule has 1 aliphatic rings. The van der Waals surface area contributed by atoms with Gasteiger partial charge in [-0.15, -0.1) is 0 Å². The van der Waals surface area contributed by atoms with Crippen molar-refractivity contribution < 1.29 is 14.6 Å². The molecule has 20 heavy (non-hydrogen) atoms. The van der Waals surface area contributed by atoms with Gasteiger partial charge in [0.05, 0.1) is 26.4 Å². The highest BCUT2D eigenvalue weighted by Gasteiger charge is 2.28. The predicted octanol–water partition coefficient (Wildman–Crippen LogP) is 1.73. The van der Waals surface area contributed by atoms with Crippen molar-refractivity contribution in [3.8, 4) is 17.6 Å². The third-order valence-corrected chi connectivity index (χ3v) is 3.71. The first-order valence-corrected chi connectivity index (χ1v) is 6.74. The molecule has 1 heterocycles. The number of likely N-dealkylation sites (tertiary alicyclic amines) is 1. The summed E-state index contributed by atoms with van der Waals surface area (Å²) < 4.78 is 10.7. The van der Waals surface area contributed by atoms with E-state index in [4.69, 9.17) is 9.47 Å². The number of nitrogens with zero attached hydrogens (tertiary/aromatic N) is 2. The molecule has 108 valence electrons. The van der Waals surface area contributed by atoms with E-state index in [1.165, 1.54) is 0 Å². The maximum atomic E-state index is 9.58. The second-order valence-corrected chi connectivity index (χ2v) is 4.88. The van der Waals surface area contributed by atoms with Gasteiger partial charge in [-0.1, -0.05) is 12.1 Å². The first-order chi connectivity index (χ1) is 9.71. The van der Waals surface area contributed by atoms with Gasteiger partial charge >= 0.3 is 0 Å². The van der Waals surface area contributed by atoms with Crippen LogP contribution < -0.4 is 9.47 Å². The SMILES string of the molecule is COc1cccc(C(C#N)N2CCC(O)CC2)c1OC. The Morgan fingerprint density at radius 2 is 2.00 bits per heavy atom. The summed E-state index contributed by atoms with van der Waals surface area (Å²) in [6, 6.07) is 7.52. The molecule has 0 radical (unpaired) electrons. The molecular weight excluding hydrogens is 256 g/mol. The summed E-state index contributed by atoms with van der Waals surface area (Å²) in [5, 5.41) is 19.1. The summed E-state index contributed by atoms with van der Waals surface area (Å²) in [4.78, 5) is 2.07. The van der Waals surface area contributed by atoms with E-state index in [2.05, 4.69) is 11.0 Å². The number of benzene rings is 1. The highest BCUT2D eigenvalue weighted by molar-refractivity contribution is 5.49. The maximum Gasteiger partial charge on any atom is 0.166 e. The van der Waals surface area contributed by atoms with Gasteiger partial charge in [-0.05, 0) is 18.9 Å². The molecule has 5 nitrogen and oxygen atoms in total. The number of hydrogen-bond acceptors (Lipinski definition) is 5. The van der Waals surface area contributed by atoms with Crippen LogP contribution >= 0.6 is 0 Å². The average molecular weight is 276 g/mol. The zero-order chi connectivity index (χ0) is 14.5. The summed E-state index contributed by atoms with van der Waals surface area (Å²) in [6.45, 7) is 1.42. The standard InChI is InChI=1S/C15H20N2O3/c1-19-14-5-3-4-12(15(14)20-2)13(10-16)17-8-6-11(18)7-9-17/h3-5,11,13,18H,6-9H2,1-2H3. The van der Waals surface area contributed by atoms with E-state index in [1.807, 2.05) is 18.2 Å². The van der Waals surface area contributed by atoms with Crippen LogP contribution in [0.5, 0.6) is 11.5 Å². The number of hydrogen-bond donors (Lipinski definition) is 1. The van der Waals surface area contributed by atoms with Crippen molar-refractivity contribution in [3.63, 3.8) is 0 Å². The zero-order valence-electron chi connectivity index (χ0n) is 11.9. The van der Waals surface area contributed by atoms with Gasteiger partial charge in [-0.2, -0.15) is 5.26 Å². The normalized spacial score (nSPS) is 18.3. The lowest BCUT2D eigenvalue weighted by Gasteiger charge is -2.33. The van der Waals surface area contributed by atoms with Crippen LogP contribution in [0.15, 0.2) is 18.2 Å². The van der Waals surface area contributed by atoms with Crippen LogP contribution in [-0.2, 0) is 0 Å². The average Bonchev–Trinajstić information content (AvgIpc) is 2.49. The predicted molar refractivity (Wildman–Crippen MR) is 74.7 cm³/mol. The molecular formula is C15H20N2O3. The first kappa shape index (κ1) is 14.6. The Labute approximate surface area is 119 Å². The monoisotopic (exact) mass is 276 g/mol. The first-order valence-electron chi connectivity index (χ1n) is 6.74. The molecule has 0 saturated carbocycles. The summed E-state index contributed by atoms with van der Waals surface area (Å²) in [5.41, 5.74) is 0.811. The smallest absolute Gasteiger partial charge is 0.166 e. The molecule has 1 fully saturated rings. The Hall–Kier alpha value is -1.77. The lowest BCUT2D eigenvalue weighted by molar-refractivity contribution is 0.0711. The van der Waals surface area contributed by atoms with E-state index in [-0.39, 0.29) is 12.1 Å². The van der Waals surface area contributed by atoms with Crippen molar-refractivity contribution in [1.82, 2.24) is 4.90 Å². The molecule has 1 N–H and O–H groups in total. The third-order valence-electron chi connectivity index (χ3n) is 3.71. The summed E-state index contributed by atoms with van der Waals surface area (Å²) >= 11 is 0. The maximum absolute atomic E-state index is 9.58. The van der Waals surface area contributed by atoms with Crippen molar-refractivity contribution in [2.45, 2.75) is 25.0 Å². The molecule has 0 amide bonds. The minimum Gasteiger partial charge on any atom is -0.493 e. The lowest BCUT2D eigenvalue weighted by atomic mass is 10.0. The van der Waals surface area contributed by atoms with Crippen LogP contribution in [-0.4, -0.2) is 43.4 Å². The highest BCUT2D eigenvalue weighted by Crippen LogP contribution is 2.37. The van der Waals surface area contributed by atoms with E-state index in [9.17, 15) is 10.4 Å². The van der Waals surface area contributed by atoms with Gasteiger partial charge in [-0.25, -0.2) is 0 Å². The Balaban J connectivity index is 2.30. The molecule has 1 unspecified atom stereocenters. The number of ether oxygens (including phenoxy) is 2. The van der Waals surface area contributed by atoms with Gasteiger partial charge in [0.2, 0.25) is 0 Å². The van der Waals surface area contributed by atoms with Crippen LogP contribution in [0.25, 0.3) is 0 Å². The van der Waals surface area contributed by atoms with Crippen LogP contribution in [0.2, 0.25) is 0 Å². The topological polar surface area (TPSA) is 65.7 Å². The molecule has 1 aromatic rings. The fourth-order valence-electron chi connectivity index (χ4n) is 2.62. The number of methoxy groups -OCH3 is 2. The van der Waals surface area contributed by atoms with E-state index >= 15 is 0 Å². The fourth-order valence-corrected chi connectivity index (χ4v) is 2.62. The van der Waals surface area contributed by atoms with Crippen molar-refractivity contribution in [2.75, 3.05) is 27.3 Å². The number of piperidine rings is 1. The number of nitriles is 1. The summed E-state index contributed by atoms with van der Waals surface area (Å²) in [7, 11) is 3.16. The van der Waals surface area contributed by atoms with Crippen molar-refractivity contribution >= 4 is 0 Å². The third kappa shape index (κ3) is 2.87. The Morgan fingerprint density at radius 3 is 2.55 bits per heavy atom. The number of para-hydroxylation sites is 1. The molecule has 1 aliphatic heterocycles. The molecule has 0 aliphatic carbocycles. The van der Waals surface area contributed by atoms with E-state index < -0.39 is 0 Å². The molecule has 1 aromatic carbocycles. The van der Waals surface area contributed by atoms with Crippen LogP contribution in [0.4, 0.5) is 0 Å². The van der Waals surface area contributed by atoms with Crippen molar-refractivity contribution in [1.29, 1.82) is 5.26 Å². The largest absolute Gasteiger partial charge is 0.493 e. The van der Waals surface area contributed by atoms with Gasteiger partial charge < -0.3 is 14.6 Å². The van der Waals surface area contributed by atoms with E-state index in [0.717, 1.165) is 5.56 Å². The molecule has 2 rings (SSSR count). The molecule has 5 heteroatoms. The highest BCUT2D eigenvalue weighted by atomic mass is 16.5. The number of rotatable bonds is 4. The fraction of sp³-hybridized carbons (Fsp3) is 0.533. The Morgan fingerprint density at radius 1 is 1.30 bits per heavy atom. The van der Waals surface area contributed by atoms with Gasteiger partial charge in [-0.3, -0.25) is 4.90 Å². The van der Waals surface area contributed by atoms with Crippen LogP contribution in [0.3, 0.4) is 0 Å². The molecule has 0 aromatic heterocycles. The van der Waals surface area contributed by atoms with Crippen LogP contribution in [0.1, 0.15) is 24.4 Å². The van der Waals surface area contributed by atoms with Gasteiger partial charge in [0.1, 0.15) is 6.04 Å². The number of aliphatic hydroxyl groups excluding tert-OH is 1. The quantitative estimate of drug-likeness (QED) is 0.907. The molecule has 1 atom stereocenters. The van der Waals surface area contributed by atoms with Gasteiger partial charge in [0, 0.05) is 18.7 Å². The van der Waals surface area contributed by atoms with Gasteiger partial charge in [0.15, 0.2) is 11.5 Å². The lowest BCUT2D eigenvalue weighted by Crippen LogP contribution is -2.38. The van der Waals surface area contributed by atoms with E-state index in [1.54, 1.807) is 14.2 Å². The molecule has 1 saturated heterocycles. The summed E-state index contributed by atoms with van der Waals surface area (Å²) in [5.74, 6) is 1.23.